The van der Waals surface area contributed by atoms with Crippen molar-refractivity contribution in [1.82, 2.24) is 10.9 Å². The van der Waals surface area contributed by atoms with Gasteiger partial charge >= 0.3 is 0 Å². The standard InChI is InChI=1S/C17H17N3O5/c1-12-4-2-3-5-15(12)25-11-10-16(21)18-19-17(22)13-6-8-14(9-7-13)20(23)24/h2-9H,10-11H2,1H3,(H,18,21)(H,19,22). The number of nitrogens with zero attached hydrogens (tertiary/aromatic N) is 1. The molecule has 0 spiro atoms. The van der Waals surface area contributed by atoms with E-state index < -0.39 is 16.7 Å². The summed E-state index contributed by atoms with van der Waals surface area (Å²) in [5.41, 5.74) is 5.56. The summed E-state index contributed by atoms with van der Waals surface area (Å²) in [5.74, 6) is -0.280. The van der Waals surface area contributed by atoms with Gasteiger partial charge in [0, 0.05) is 17.7 Å². The van der Waals surface area contributed by atoms with Gasteiger partial charge in [0.2, 0.25) is 5.91 Å². The van der Waals surface area contributed by atoms with Crippen molar-refractivity contribution in [1.29, 1.82) is 0 Å². The summed E-state index contributed by atoms with van der Waals surface area (Å²) in [5, 5.41) is 10.6. The number of carbonyl (C=O) groups is 2. The molecule has 0 fully saturated rings. The molecule has 0 atom stereocenters. The second kappa shape index (κ2) is 8.44. The lowest BCUT2D eigenvalue weighted by atomic mass is 10.2. The molecule has 0 aliphatic rings. The van der Waals surface area contributed by atoms with Gasteiger partial charge in [-0.25, -0.2) is 0 Å². The number of benzene rings is 2. The topological polar surface area (TPSA) is 111 Å². The highest BCUT2D eigenvalue weighted by Gasteiger charge is 2.10. The molecule has 0 heterocycles. The largest absolute Gasteiger partial charge is 0.493 e. The van der Waals surface area contributed by atoms with Crippen LogP contribution < -0.4 is 15.6 Å². The van der Waals surface area contributed by atoms with Gasteiger partial charge in [0.15, 0.2) is 0 Å². The lowest BCUT2D eigenvalue weighted by Crippen LogP contribution is -2.42. The average molecular weight is 343 g/mol. The molecule has 25 heavy (non-hydrogen) atoms. The number of nitro benzene ring substituents is 1. The molecule has 2 rings (SSSR count). The zero-order valence-electron chi connectivity index (χ0n) is 13.5. The SMILES string of the molecule is Cc1ccccc1OCCC(=O)NNC(=O)c1ccc([N+](=O)[O-])cc1. The third-order valence-corrected chi connectivity index (χ3v) is 3.34. The average Bonchev–Trinajstić information content (AvgIpc) is 2.61. The van der Waals surface area contributed by atoms with E-state index in [0.717, 1.165) is 5.56 Å². The zero-order valence-corrected chi connectivity index (χ0v) is 13.5. The number of hydrazine groups is 1. The monoisotopic (exact) mass is 343 g/mol. The smallest absolute Gasteiger partial charge is 0.269 e. The van der Waals surface area contributed by atoms with Gasteiger partial charge in [-0.1, -0.05) is 18.2 Å². The van der Waals surface area contributed by atoms with E-state index in [2.05, 4.69) is 10.9 Å². The van der Waals surface area contributed by atoms with Crippen molar-refractivity contribution >= 4 is 17.5 Å². The van der Waals surface area contributed by atoms with E-state index in [4.69, 9.17) is 4.74 Å². The number of hydrogen-bond donors (Lipinski definition) is 2. The maximum absolute atomic E-state index is 11.8. The van der Waals surface area contributed by atoms with Crippen LogP contribution in [0.4, 0.5) is 5.69 Å². The molecule has 0 aliphatic heterocycles. The minimum absolute atomic E-state index is 0.0644. The Balaban J connectivity index is 1.74. The molecule has 2 N–H and O–H groups in total. The molecule has 2 aromatic carbocycles. The first-order valence-corrected chi connectivity index (χ1v) is 7.49. The van der Waals surface area contributed by atoms with Crippen molar-refractivity contribution in [3.63, 3.8) is 0 Å². The second-order valence-electron chi connectivity index (χ2n) is 5.17. The summed E-state index contributed by atoms with van der Waals surface area (Å²) < 4.78 is 5.50. The van der Waals surface area contributed by atoms with Crippen LogP contribution in [0.3, 0.4) is 0 Å². The fraction of sp³-hybridized carbons (Fsp3) is 0.176. The Morgan fingerprint density at radius 2 is 1.76 bits per heavy atom. The highest BCUT2D eigenvalue weighted by molar-refractivity contribution is 5.95. The van der Waals surface area contributed by atoms with Gasteiger partial charge in [0.05, 0.1) is 18.0 Å². The normalized spacial score (nSPS) is 9.96. The van der Waals surface area contributed by atoms with Crippen LogP contribution in [0.15, 0.2) is 48.5 Å². The molecule has 2 amide bonds. The number of ether oxygens (including phenoxy) is 1. The summed E-state index contributed by atoms with van der Waals surface area (Å²) in [4.78, 5) is 33.5. The van der Waals surface area contributed by atoms with Crippen LogP contribution >= 0.6 is 0 Å². The number of amides is 2. The van der Waals surface area contributed by atoms with Crippen molar-refractivity contribution in [3.8, 4) is 5.75 Å². The molecule has 0 radical (unpaired) electrons. The summed E-state index contributed by atoms with van der Waals surface area (Å²) in [6, 6.07) is 12.5. The van der Waals surface area contributed by atoms with Gasteiger partial charge in [0.25, 0.3) is 11.6 Å². The van der Waals surface area contributed by atoms with Crippen LogP contribution in [-0.2, 0) is 4.79 Å². The van der Waals surface area contributed by atoms with Gasteiger partial charge in [0.1, 0.15) is 5.75 Å². The van der Waals surface area contributed by atoms with E-state index >= 15 is 0 Å². The third-order valence-electron chi connectivity index (χ3n) is 3.34. The summed E-state index contributed by atoms with van der Waals surface area (Å²) in [6.45, 7) is 2.07. The van der Waals surface area contributed by atoms with Gasteiger partial charge in [-0.3, -0.25) is 30.6 Å². The molecular weight excluding hydrogens is 326 g/mol. The molecule has 0 saturated heterocycles. The predicted octanol–water partition coefficient (Wildman–Crippen LogP) is 2.13. The molecule has 8 nitrogen and oxygen atoms in total. The maximum atomic E-state index is 11.8. The molecule has 0 aromatic heterocycles. The molecule has 2 aromatic rings. The number of nitro groups is 1. The van der Waals surface area contributed by atoms with Gasteiger partial charge in [-0.15, -0.1) is 0 Å². The first kappa shape index (κ1) is 17.9. The van der Waals surface area contributed by atoms with Crippen LogP contribution in [0.2, 0.25) is 0 Å². The Hall–Kier alpha value is -3.42. The van der Waals surface area contributed by atoms with E-state index in [9.17, 15) is 19.7 Å². The second-order valence-corrected chi connectivity index (χ2v) is 5.17. The Bertz CT molecular complexity index is 774. The summed E-state index contributed by atoms with van der Waals surface area (Å²) >= 11 is 0. The summed E-state index contributed by atoms with van der Waals surface area (Å²) in [6.07, 6.45) is 0.0644. The Morgan fingerprint density at radius 1 is 1.08 bits per heavy atom. The fourth-order valence-corrected chi connectivity index (χ4v) is 1.97. The third kappa shape index (κ3) is 5.31. The minimum atomic E-state index is -0.567. The first-order valence-electron chi connectivity index (χ1n) is 7.49. The van der Waals surface area contributed by atoms with Crippen LogP contribution in [-0.4, -0.2) is 23.3 Å². The van der Waals surface area contributed by atoms with Crippen LogP contribution in [0.5, 0.6) is 5.75 Å². The number of carbonyl (C=O) groups excluding carboxylic acids is 2. The predicted molar refractivity (Wildman–Crippen MR) is 90.0 cm³/mol. The molecule has 0 aliphatic carbocycles. The van der Waals surface area contributed by atoms with Crippen molar-refractivity contribution in [3.05, 3.63) is 69.8 Å². The highest BCUT2D eigenvalue weighted by atomic mass is 16.6. The number of nitrogens with one attached hydrogen (secondary N) is 2. The van der Waals surface area contributed by atoms with Crippen molar-refractivity contribution < 1.29 is 19.2 Å². The number of rotatable bonds is 6. The van der Waals surface area contributed by atoms with Crippen molar-refractivity contribution in [2.45, 2.75) is 13.3 Å². The minimum Gasteiger partial charge on any atom is -0.493 e. The van der Waals surface area contributed by atoms with Gasteiger partial charge in [-0.05, 0) is 30.7 Å². The zero-order chi connectivity index (χ0) is 18.2. The van der Waals surface area contributed by atoms with Gasteiger partial charge < -0.3 is 4.74 Å². The quantitative estimate of drug-likeness (QED) is 0.616. The maximum Gasteiger partial charge on any atom is 0.269 e. The van der Waals surface area contributed by atoms with E-state index in [0.29, 0.717) is 5.75 Å². The van der Waals surface area contributed by atoms with Crippen LogP contribution in [0.25, 0.3) is 0 Å². The molecule has 0 saturated carbocycles. The number of para-hydroxylation sites is 1. The van der Waals surface area contributed by atoms with E-state index in [1.165, 1.54) is 24.3 Å². The van der Waals surface area contributed by atoms with Gasteiger partial charge in [-0.2, -0.15) is 0 Å². The molecule has 0 unspecified atom stereocenters. The van der Waals surface area contributed by atoms with Crippen molar-refractivity contribution in [2.75, 3.05) is 6.61 Å². The fourth-order valence-electron chi connectivity index (χ4n) is 1.97. The Labute approximate surface area is 143 Å². The Morgan fingerprint density at radius 3 is 2.40 bits per heavy atom. The van der Waals surface area contributed by atoms with E-state index in [1.54, 1.807) is 0 Å². The van der Waals surface area contributed by atoms with E-state index in [-0.39, 0.29) is 24.3 Å². The molecule has 8 heteroatoms. The Kier molecular flexibility index (Phi) is 6.05. The van der Waals surface area contributed by atoms with Crippen LogP contribution in [0, 0.1) is 17.0 Å². The molecule has 0 bridgehead atoms. The number of hydrogen-bond acceptors (Lipinski definition) is 5. The van der Waals surface area contributed by atoms with Crippen LogP contribution in [0.1, 0.15) is 22.3 Å². The van der Waals surface area contributed by atoms with Crippen molar-refractivity contribution in [2.24, 2.45) is 0 Å². The number of non-ortho nitro benzene ring substituents is 1. The molecular formula is C17H17N3O5. The lowest BCUT2D eigenvalue weighted by Gasteiger charge is -2.10. The lowest BCUT2D eigenvalue weighted by molar-refractivity contribution is -0.384. The summed E-state index contributed by atoms with van der Waals surface area (Å²) in [7, 11) is 0. The first-order chi connectivity index (χ1) is 12.0. The van der Waals surface area contributed by atoms with E-state index in [1.807, 2.05) is 31.2 Å². The number of aryl methyl sites for hydroxylation is 1. The highest BCUT2D eigenvalue weighted by Crippen LogP contribution is 2.16. The molecule has 130 valence electrons.